The fourth-order valence-corrected chi connectivity index (χ4v) is 2.77. The van der Waals surface area contributed by atoms with E-state index in [1.165, 1.54) is 18.4 Å². The first-order valence-electron chi connectivity index (χ1n) is 8.34. The summed E-state index contributed by atoms with van der Waals surface area (Å²) in [4.78, 5) is 6.80. The van der Waals surface area contributed by atoms with Gasteiger partial charge in [-0.25, -0.2) is 0 Å². The molecule has 0 heterocycles. The van der Waals surface area contributed by atoms with Crippen LogP contribution in [0, 0.1) is 5.92 Å². The molecule has 1 aromatic carbocycles. The van der Waals surface area contributed by atoms with Gasteiger partial charge in [-0.05, 0) is 44.1 Å². The Bertz CT molecular complexity index is 447. The summed E-state index contributed by atoms with van der Waals surface area (Å²) in [5.74, 6) is 1.14. The molecule has 0 amide bonds. The lowest BCUT2D eigenvalue weighted by Gasteiger charge is -2.30. The molecule has 4 nitrogen and oxygen atoms in total. The monoisotopic (exact) mass is 304 g/mol. The minimum absolute atomic E-state index is 0.429. The molecule has 1 rings (SSSR count). The molecule has 3 N–H and O–H groups in total. The molecule has 0 aliphatic rings. The molecule has 1 unspecified atom stereocenters. The number of nitrogens with one attached hydrogen (secondary N) is 1. The number of aryl methyl sites for hydroxylation is 1. The molecule has 4 heteroatoms. The molecular weight excluding hydrogens is 272 g/mol. The number of aliphatic imine (C=N–C) groups is 1. The zero-order valence-electron chi connectivity index (χ0n) is 14.8. The number of hydrogen-bond donors (Lipinski definition) is 2. The second kappa shape index (κ2) is 9.46. The highest BCUT2D eigenvalue weighted by atomic mass is 15.1. The summed E-state index contributed by atoms with van der Waals surface area (Å²) in [7, 11) is 4.23. The predicted molar refractivity (Wildman–Crippen MR) is 97.5 cm³/mol. The molecule has 0 radical (unpaired) electrons. The van der Waals surface area contributed by atoms with Crippen molar-refractivity contribution in [1.82, 2.24) is 4.90 Å². The number of nitrogens with zero attached hydrogens (tertiary/aromatic N) is 2. The molecule has 0 spiro atoms. The lowest BCUT2D eigenvalue weighted by atomic mass is 9.93. The number of anilines is 1. The van der Waals surface area contributed by atoms with Crippen molar-refractivity contribution in [3.63, 3.8) is 0 Å². The number of rotatable bonds is 8. The van der Waals surface area contributed by atoms with Gasteiger partial charge >= 0.3 is 0 Å². The quantitative estimate of drug-likeness (QED) is 0.572. The van der Waals surface area contributed by atoms with Gasteiger partial charge in [-0.1, -0.05) is 45.7 Å². The predicted octanol–water partition coefficient (Wildman–Crippen LogP) is 3.34. The third-order valence-electron chi connectivity index (χ3n) is 4.34. The Balaban J connectivity index is 2.65. The van der Waals surface area contributed by atoms with Crippen LogP contribution in [0.3, 0.4) is 0 Å². The standard InChI is InChI=1S/C18H32N4/c1-6-14-9-11-16(12-10-14)21-18(19)20-13-17(22(4)5)15(7-2)8-3/h9-12,15,17H,6-8,13H2,1-5H3,(H3,19,20,21). The van der Waals surface area contributed by atoms with Crippen molar-refractivity contribution in [2.75, 3.05) is 26.0 Å². The third kappa shape index (κ3) is 5.68. The number of hydrogen-bond acceptors (Lipinski definition) is 2. The normalized spacial score (nSPS) is 13.7. The molecule has 0 bridgehead atoms. The zero-order chi connectivity index (χ0) is 16.5. The Kier molecular flexibility index (Phi) is 7.96. The molecular formula is C18H32N4. The fourth-order valence-electron chi connectivity index (χ4n) is 2.77. The van der Waals surface area contributed by atoms with Crippen LogP contribution in [0.25, 0.3) is 0 Å². The summed E-state index contributed by atoms with van der Waals surface area (Å²) in [5, 5.41) is 3.17. The molecule has 0 aliphatic carbocycles. The first-order chi connectivity index (χ1) is 10.5. The second-order valence-electron chi connectivity index (χ2n) is 6.01. The Morgan fingerprint density at radius 2 is 1.73 bits per heavy atom. The van der Waals surface area contributed by atoms with Gasteiger partial charge in [-0.15, -0.1) is 0 Å². The number of nitrogens with two attached hydrogens (primary N) is 1. The smallest absolute Gasteiger partial charge is 0.193 e. The second-order valence-corrected chi connectivity index (χ2v) is 6.01. The van der Waals surface area contributed by atoms with E-state index in [0.29, 0.717) is 17.9 Å². The first-order valence-corrected chi connectivity index (χ1v) is 8.34. The van der Waals surface area contributed by atoms with Gasteiger partial charge in [-0.3, -0.25) is 4.99 Å². The highest BCUT2D eigenvalue weighted by molar-refractivity contribution is 5.92. The van der Waals surface area contributed by atoms with Crippen LogP contribution in [-0.4, -0.2) is 37.5 Å². The molecule has 0 aromatic heterocycles. The van der Waals surface area contributed by atoms with E-state index in [-0.39, 0.29) is 0 Å². The van der Waals surface area contributed by atoms with E-state index in [1.807, 2.05) is 12.1 Å². The Labute approximate surface area is 135 Å². The minimum Gasteiger partial charge on any atom is -0.370 e. The average Bonchev–Trinajstić information content (AvgIpc) is 2.51. The van der Waals surface area contributed by atoms with Gasteiger partial charge in [-0.2, -0.15) is 0 Å². The van der Waals surface area contributed by atoms with Crippen molar-refractivity contribution >= 4 is 11.6 Å². The SMILES string of the molecule is CCc1ccc(NC(N)=NCC(C(CC)CC)N(C)C)cc1. The molecule has 0 fully saturated rings. The van der Waals surface area contributed by atoms with Crippen LogP contribution >= 0.6 is 0 Å². The third-order valence-corrected chi connectivity index (χ3v) is 4.34. The van der Waals surface area contributed by atoms with E-state index in [4.69, 9.17) is 5.73 Å². The maximum atomic E-state index is 6.03. The molecule has 124 valence electrons. The average molecular weight is 304 g/mol. The Morgan fingerprint density at radius 1 is 1.14 bits per heavy atom. The van der Waals surface area contributed by atoms with Gasteiger partial charge in [0.2, 0.25) is 0 Å². The van der Waals surface area contributed by atoms with E-state index in [9.17, 15) is 0 Å². The van der Waals surface area contributed by atoms with Crippen LogP contribution in [0.1, 0.15) is 39.2 Å². The summed E-state index contributed by atoms with van der Waals surface area (Å²) in [6.45, 7) is 7.36. The minimum atomic E-state index is 0.429. The van der Waals surface area contributed by atoms with Gasteiger partial charge in [0.15, 0.2) is 5.96 Å². The summed E-state index contributed by atoms with van der Waals surface area (Å²) >= 11 is 0. The van der Waals surface area contributed by atoms with Crippen molar-refractivity contribution in [2.45, 2.75) is 46.1 Å². The molecule has 1 aromatic rings. The summed E-state index contributed by atoms with van der Waals surface area (Å²) < 4.78 is 0. The van der Waals surface area contributed by atoms with Gasteiger partial charge in [0.05, 0.1) is 6.54 Å². The van der Waals surface area contributed by atoms with Gasteiger partial charge in [0.25, 0.3) is 0 Å². The van der Waals surface area contributed by atoms with Crippen LogP contribution in [0.4, 0.5) is 5.69 Å². The zero-order valence-corrected chi connectivity index (χ0v) is 14.8. The van der Waals surface area contributed by atoms with E-state index >= 15 is 0 Å². The van der Waals surface area contributed by atoms with Crippen LogP contribution in [-0.2, 0) is 6.42 Å². The van der Waals surface area contributed by atoms with Crippen LogP contribution in [0.15, 0.2) is 29.3 Å². The Hall–Kier alpha value is -1.55. The van der Waals surface area contributed by atoms with Crippen molar-refractivity contribution in [3.05, 3.63) is 29.8 Å². The van der Waals surface area contributed by atoms with Gasteiger partial charge < -0.3 is 16.0 Å². The lowest BCUT2D eigenvalue weighted by Crippen LogP contribution is -2.38. The number of guanidine groups is 1. The molecule has 0 saturated carbocycles. The maximum Gasteiger partial charge on any atom is 0.193 e. The van der Waals surface area contributed by atoms with Gasteiger partial charge in [0, 0.05) is 11.7 Å². The molecule has 0 aliphatic heterocycles. The van der Waals surface area contributed by atoms with E-state index < -0.39 is 0 Å². The lowest BCUT2D eigenvalue weighted by molar-refractivity contribution is 0.206. The van der Waals surface area contributed by atoms with Crippen LogP contribution in [0.2, 0.25) is 0 Å². The molecule has 1 atom stereocenters. The van der Waals surface area contributed by atoms with Crippen LogP contribution < -0.4 is 11.1 Å². The van der Waals surface area contributed by atoms with Crippen molar-refractivity contribution in [1.29, 1.82) is 0 Å². The Morgan fingerprint density at radius 3 is 2.18 bits per heavy atom. The van der Waals surface area contributed by atoms with Gasteiger partial charge in [0.1, 0.15) is 0 Å². The van der Waals surface area contributed by atoms with E-state index in [2.05, 4.69) is 62.2 Å². The molecule has 0 saturated heterocycles. The van der Waals surface area contributed by atoms with E-state index in [0.717, 1.165) is 18.7 Å². The van der Waals surface area contributed by atoms with Crippen molar-refractivity contribution in [2.24, 2.45) is 16.6 Å². The van der Waals surface area contributed by atoms with Crippen molar-refractivity contribution < 1.29 is 0 Å². The first kappa shape index (κ1) is 18.5. The molecule has 22 heavy (non-hydrogen) atoms. The van der Waals surface area contributed by atoms with E-state index in [1.54, 1.807) is 0 Å². The van der Waals surface area contributed by atoms with Crippen LogP contribution in [0.5, 0.6) is 0 Å². The fraction of sp³-hybridized carbons (Fsp3) is 0.611. The highest BCUT2D eigenvalue weighted by Crippen LogP contribution is 2.17. The summed E-state index contributed by atoms with van der Waals surface area (Å²) in [6, 6.07) is 8.75. The topological polar surface area (TPSA) is 53.6 Å². The maximum absolute atomic E-state index is 6.03. The summed E-state index contributed by atoms with van der Waals surface area (Å²) in [6.07, 6.45) is 3.38. The van der Waals surface area contributed by atoms with Crippen molar-refractivity contribution in [3.8, 4) is 0 Å². The summed E-state index contributed by atoms with van der Waals surface area (Å²) in [5.41, 5.74) is 8.34. The highest BCUT2D eigenvalue weighted by Gasteiger charge is 2.20. The number of benzene rings is 1. The largest absolute Gasteiger partial charge is 0.370 e. The number of likely N-dealkylation sites (N-methyl/N-ethyl adjacent to an activating group) is 1.